The van der Waals surface area contributed by atoms with Gasteiger partial charge in [0.1, 0.15) is 5.01 Å². The molecule has 1 atom stereocenters. The fraction of sp³-hybridized carbons (Fsp3) is 0.467. The largest absolute Gasteiger partial charge is 0.309 e. The molecule has 3 nitrogen and oxygen atoms in total. The third-order valence-electron chi connectivity index (χ3n) is 3.59. The number of pyridine rings is 1. The number of aromatic nitrogens is 2. The zero-order valence-corrected chi connectivity index (χ0v) is 12.3. The van der Waals surface area contributed by atoms with E-state index in [2.05, 4.69) is 22.2 Å². The van der Waals surface area contributed by atoms with Gasteiger partial charge in [0, 0.05) is 22.7 Å². The highest BCUT2D eigenvalue weighted by molar-refractivity contribution is 7.15. The molecule has 2 aromatic rings. The second kappa shape index (κ2) is 5.97. The minimum Gasteiger partial charge on any atom is -0.309 e. The molecule has 1 aliphatic carbocycles. The zero-order chi connectivity index (χ0) is 13.9. The number of halogens is 1. The maximum Gasteiger partial charge on any atom is 0.151 e. The SMILES string of the molecule is CCCNC1CCCc2nc(-c3ccncc3F)sc21. The van der Waals surface area contributed by atoms with Crippen molar-refractivity contribution in [2.24, 2.45) is 0 Å². The van der Waals surface area contributed by atoms with E-state index in [1.165, 1.54) is 11.1 Å². The maximum atomic E-state index is 13.8. The van der Waals surface area contributed by atoms with E-state index in [9.17, 15) is 4.39 Å². The average Bonchev–Trinajstić information content (AvgIpc) is 2.89. The number of hydrogen-bond acceptors (Lipinski definition) is 4. The van der Waals surface area contributed by atoms with Crippen molar-refractivity contribution in [3.05, 3.63) is 34.8 Å². The lowest BCUT2D eigenvalue weighted by Gasteiger charge is -2.22. The number of nitrogens with one attached hydrogen (secondary N) is 1. The van der Waals surface area contributed by atoms with Crippen molar-refractivity contribution in [3.63, 3.8) is 0 Å². The van der Waals surface area contributed by atoms with E-state index in [1.807, 2.05) is 0 Å². The number of nitrogens with zero attached hydrogens (tertiary/aromatic N) is 2. The van der Waals surface area contributed by atoms with Crippen molar-refractivity contribution in [2.45, 2.75) is 38.6 Å². The summed E-state index contributed by atoms with van der Waals surface area (Å²) in [6, 6.07) is 2.09. The first-order chi connectivity index (χ1) is 9.79. The van der Waals surface area contributed by atoms with Crippen molar-refractivity contribution >= 4 is 11.3 Å². The molecule has 0 radical (unpaired) electrons. The first kappa shape index (κ1) is 13.6. The van der Waals surface area contributed by atoms with E-state index in [0.29, 0.717) is 11.6 Å². The van der Waals surface area contributed by atoms with Crippen LogP contribution >= 0.6 is 11.3 Å². The number of fused-ring (bicyclic) bond motifs is 1. The van der Waals surface area contributed by atoms with Gasteiger partial charge in [0.2, 0.25) is 0 Å². The van der Waals surface area contributed by atoms with Crippen LogP contribution in [-0.2, 0) is 6.42 Å². The minimum atomic E-state index is -0.295. The molecular formula is C15H18FN3S. The summed E-state index contributed by atoms with van der Waals surface area (Å²) in [5.74, 6) is -0.295. The van der Waals surface area contributed by atoms with Crippen molar-refractivity contribution in [3.8, 4) is 10.6 Å². The molecule has 1 N–H and O–H groups in total. The lowest BCUT2D eigenvalue weighted by Crippen LogP contribution is -2.24. The van der Waals surface area contributed by atoms with Gasteiger partial charge >= 0.3 is 0 Å². The van der Waals surface area contributed by atoms with Crippen LogP contribution in [-0.4, -0.2) is 16.5 Å². The molecule has 0 amide bonds. The quantitative estimate of drug-likeness (QED) is 0.933. The van der Waals surface area contributed by atoms with Crippen LogP contribution in [0.1, 0.15) is 42.8 Å². The van der Waals surface area contributed by atoms with Crippen LogP contribution in [0.25, 0.3) is 10.6 Å². The summed E-state index contributed by atoms with van der Waals surface area (Å²) in [7, 11) is 0. The van der Waals surface area contributed by atoms with Gasteiger partial charge in [-0.05, 0) is 38.3 Å². The van der Waals surface area contributed by atoms with Crippen LogP contribution in [0.15, 0.2) is 18.5 Å². The van der Waals surface area contributed by atoms with Crippen LogP contribution in [0.2, 0.25) is 0 Å². The van der Waals surface area contributed by atoms with E-state index in [-0.39, 0.29) is 5.82 Å². The standard InChI is InChI=1S/C15H18FN3S/c1-2-7-18-12-4-3-5-13-14(12)20-15(19-13)10-6-8-17-9-11(10)16/h6,8-9,12,18H,2-5,7H2,1H3. The molecule has 2 aromatic heterocycles. The van der Waals surface area contributed by atoms with Gasteiger partial charge in [-0.15, -0.1) is 11.3 Å². The van der Waals surface area contributed by atoms with Gasteiger partial charge in [-0.2, -0.15) is 0 Å². The normalized spacial score (nSPS) is 18.0. The third kappa shape index (κ3) is 2.60. The summed E-state index contributed by atoms with van der Waals surface area (Å²) in [6.07, 6.45) is 7.29. The minimum absolute atomic E-state index is 0.295. The highest BCUT2D eigenvalue weighted by atomic mass is 32.1. The lowest BCUT2D eigenvalue weighted by molar-refractivity contribution is 0.465. The predicted molar refractivity (Wildman–Crippen MR) is 79.3 cm³/mol. The number of thiazole rings is 1. The van der Waals surface area contributed by atoms with Crippen LogP contribution in [0.3, 0.4) is 0 Å². The Labute approximate surface area is 122 Å². The van der Waals surface area contributed by atoms with Crippen molar-refractivity contribution in [1.29, 1.82) is 0 Å². The average molecular weight is 291 g/mol. The molecule has 0 aromatic carbocycles. The third-order valence-corrected chi connectivity index (χ3v) is 4.84. The van der Waals surface area contributed by atoms with Crippen LogP contribution in [0.4, 0.5) is 4.39 Å². The van der Waals surface area contributed by atoms with Crippen LogP contribution in [0.5, 0.6) is 0 Å². The molecular weight excluding hydrogens is 273 g/mol. The molecule has 0 saturated heterocycles. The molecule has 0 fully saturated rings. The van der Waals surface area contributed by atoms with Gasteiger partial charge in [0.25, 0.3) is 0 Å². The second-order valence-corrected chi connectivity index (χ2v) is 6.12. The molecule has 0 spiro atoms. The zero-order valence-electron chi connectivity index (χ0n) is 11.5. The van der Waals surface area contributed by atoms with Gasteiger partial charge in [0.05, 0.1) is 11.9 Å². The number of aryl methyl sites for hydroxylation is 1. The predicted octanol–water partition coefficient (Wildman–Crippen LogP) is 3.72. The van der Waals surface area contributed by atoms with Gasteiger partial charge in [-0.25, -0.2) is 9.37 Å². The van der Waals surface area contributed by atoms with E-state index >= 15 is 0 Å². The fourth-order valence-corrected chi connectivity index (χ4v) is 3.85. The Morgan fingerprint density at radius 3 is 3.20 bits per heavy atom. The van der Waals surface area contributed by atoms with E-state index in [0.717, 1.165) is 42.9 Å². The van der Waals surface area contributed by atoms with E-state index in [1.54, 1.807) is 23.6 Å². The van der Waals surface area contributed by atoms with Gasteiger partial charge in [-0.3, -0.25) is 4.98 Å². The van der Waals surface area contributed by atoms with E-state index in [4.69, 9.17) is 0 Å². The molecule has 3 rings (SSSR count). The smallest absolute Gasteiger partial charge is 0.151 e. The monoisotopic (exact) mass is 291 g/mol. The van der Waals surface area contributed by atoms with Gasteiger partial charge < -0.3 is 5.32 Å². The summed E-state index contributed by atoms with van der Waals surface area (Å²) in [5, 5.41) is 4.35. The van der Waals surface area contributed by atoms with Crippen LogP contribution < -0.4 is 5.32 Å². The Morgan fingerprint density at radius 2 is 2.40 bits per heavy atom. The highest BCUT2D eigenvalue weighted by Gasteiger charge is 2.25. The molecule has 1 unspecified atom stereocenters. The maximum absolute atomic E-state index is 13.8. The van der Waals surface area contributed by atoms with Gasteiger partial charge in [-0.1, -0.05) is 6.92 Å². The van der Waals surface area contributed by atoms with Crippen molar-refractivity contribution in [1.82, 2.24) is 15.3 Å². The van der Waals surface area contributed by atoms with Crippen molar-refractivity contribution < 1.29 is 4.39 Å². The lowest BCUT2D eigenvalue weighted by atomic mass is 9.98. The Bertz CT molecular complexity index is 597. The number of rotatable bonds is 4. The molecule has 20 heavy (non-hydrogen) atoms. The van der Waals surface area contributed by atoms with Crippen molar-refractivity contribution in [2.75, 3.05) is 6.54 Å². The first-order valence-corrected chi connectivity index (χ1v) is 7.94. The molecule has 0 saturated carbocycles. The molecule has 5 heteroatoms. The number of hydrogen-bond donors (Lipinski definition) is 1. The second-order valence-electron chi connectivity index (χ2n) is 5.08. The Kier molecular flexibility index (Phi) is 4.08. The summed E-state index contributed by atoms with van der Waals surface area (Å²) < 4.78 is 13.8. The summed E-state index contributed by atoms with van der Waals surface area (Å²) in [6.45, 7) is 3.18. The molecule has 0 bridgehead atoms. The molecule has 106 valence electrons. The molecule has 2 heterocycles. The molecule has 0 aliphatic heterocycles. The van der Waals surface area contributed by atoms with Gasteiger partial charge in [0.15, 0.2) is 5.82 Å². The summed E-state index contributed by atoms with van der Waals surface area (Å²) in [4.78, 5) is 9.74. The topological polar surface area (TPSA) is 37.8 Å². The Hall–Kier alpha value is -1.33. The molecule has 1 aliphatic rings. The van der Waals surface area contributed by atoms with E-state index < -0.39 is 0 Å². The first-order valence-electron chi connectivity index (χ1n) is 7.12. The highest BCUT2D eigenvalue weighted by Crippen LogP contribution is 2.38. The van der Waals surface area contributed by atoms with Crippen LogP contribution in [0, 0.1) is 5.82 Å². The Morgan fingerprint density at radius 1 is 1.50 bits per heavy atom. The summed E-state index contributed by atoms with van der Waals surface area (Å²) >= 11 is 1.62. The Balaban J connectivity index is 1.93. The summed E-state index contributed by atoms with van der Waals surface area (Å²) in [5.41, 5.74) is 1.70. The fourth-order valence-electron chi connectivity index (χ4n) is 2.60.